The molecule has 0 aliphatic rings. The third-order valence-corrected chi connectivity index (χ3v) is 2.56. The lowest BCUT2D eigenvalue weighted by Crippen LogP contribution is -2.29. The lowest BCUT2D eigenvalue weighted by molar-refractivity contribution is 0.0203. The van der Waals surface area contributed by atoms with Crippen LogP contribution in [0, 0.1) is 0 Å². The first-order chi connectivity index (χ1) is 8.11. The van der Waals surface area contributed by atoms with Gasteiger partial charge in [0.2, 0.25) is 0 Å². The summed E-state index contributed by atoms with van der Waals surface area (Å²) in [6.45, 7) is 0.274. The Morgan fingerprint density at radius 2 is 2.24 bits per heavy atom. The molecule has 0 aliphatic heterocycles. The van der Waals surface area contributed by atoms with Gasteiger partial charge in [-0.05, 0) is 24.7 Å². The van der Waals surface area contributed by atoms with Gasteiger partial charge in [-0.3, -0.25) is 4.98 Å². The van der Waals surface area contributed by atoms with Crippen LogP contribution >= 0.6 is 0 Å². The van der Waals surface area contributed by atoms with Crippen LogP contribution in [0.15, 0.2) is 27.4 Å². The molecule has 1 heterocycles. The van der Waals surface area contributed by atoms with Crippen molar-refractivity contribution >= 4 is 11.1 Å². The van der Waals surface area contributed by atoms with Crippen molar-refractivity contribution in [1.29, 1.82) is 0 Å². The quantitative estimate of drug-likeness (QED) is 0.588. The molecule has 17 heavy (non-hydrogen) atoms. The smallest absolute Gasteiger partial charge is 0.408 e. The first kappa shape index (κ1) is 11.8. The number of aliphatic hydroxyl groups is 2. The molecule has 0 saturated carbocycles. The van der Waals surface area contributed by atoms with Crippen LogP contribution in [0.5, 0.6) is 0 Å². The third kappa shape index (κ3) is 2.38. The van der Waals surface area contributed by atoms with E-state index in [1.54, 1.807) is 19.2 Å². The average molecular weight is 238 g/mol. The molecule has 6 heteroatoms. The Bertz CT molecular complexity index is 560. The van der Waals surface area contributed by atoms with Crippen LogP contribution in [-0.2, 0) is 0 Å². The van der Waals surface area contributed by atoms with Gasteiger partial charge in [0.05, 0.1) is 11.6 Å². The summed E-state index contributed by atoms with van der Waals surface area (Å²) >= 11 is 0. The molecule has 0 aliphatic carbocycles. The number of nitrogens with one attached hydrogen (secondary N) is 2. The normalized spacial score (nSPS) is 15.0. The highest BCUT2D eigenvalue weighted by Crippen LogP contribution is 2.20. The molecule has 6 nitrogen and oxygen atoms in total. The van der Waals surface area contributed by atoms with Crippen LogP contribution in [0.2, 0.25) is 0 Å². The molecule has 92 valence electrons. The molecule has 2 unspecified atom stereocenters. The molecule has 0 amide bonds. The van der Waals surface area contributed by atoms with Crippen molar-refractivity contribution in [2.75, 3.05) is 13.6 Å². The summed E-state index contributed by atoms with van der Waals surface area (Å²) in [5, 5.41) is 22.3. The van der Waals surface area contributed by atoms with Crippen LogP contribution in [0.3, 0.4) is 0 Å². The van der Waals surface area contributed by atoms with E-state index in [-0.39, 0.29) is 6.54 Å². The fourth-order valence-corrected chi connectivity index (χ4v) is 1.69. The van der Waals surface area contributed by atoms with E-state index in [1.807, 2.05) is 0 Å². The van der Waals surface area contributed by atoms with Gasteiger partial charge in [-0.25, -0.2) is 4.79 Å². The van der Waals surface area contributed by atoms with Crippen LogP contribution in [0.4, 0.5) is 0 Å². The largest absolute Gasteiger partial charge is 0.417 e. The van der Waals surface area contributed by atoms with Gasteiger partial charge >= 0.3 is 5.76 Å². The van der Waals surface area contributed by atoms with Crippen LogP contribution in [-0.4, -0.2) is 34.9 Å². The van der Waals surface area contributed by atoms with E-state index in [9.17, 15) is 15.0 Å². The molecule has 4 N–H and O–H groups in total. The SMILES string of the molecule is CNCC(O)C(O)c1ccc2[nH]c(=O)oc2c1. The highest BCUT2D eigenvalue weighted by Gasteiger charge is 2.18. The summed E-state index contributed by atoms with van der Waals surface area (Å²) in [5.74, 6) is -0.539. The Labute approximate surface area is 96.9 Å². The van der Waals surface area contributed by atoms with Crippen LogP contribution < -0.4 is 11.1 Å². The van der Waals surface area contributed by atoms with Crippen molar-refractivity contribution in [3.05, 3.63) is 34.3 Å². The molecule has 1 aromatic heterocycles. The summed E-state index contributed by atoms with van der Waals surface area (Å²) in [5.41, 5.74) is 1.43. The molecule has 0 spiro atoms. The molecule has 0 saturated heterocycles. The number of hydrogen-bond donors (Lipinski definition) is 4. The predicted molar refractivity (Wildman–Crippen MR) is 61.7 cm³/mol. The van der Waals surface area contributed by atoms with Crippen LogP contribution in [0.25, 0.3) is 11.1 Å². The minimum atomic E-state index is -1.02. The van der Waals surface area contributed by atoms with Crippen molar-refractivity contribution in [3.8, 4) is 0 Å². The molecule has 0 bridgehead atoms. The number of H-pyrrole nitrogens is 1. The summed E-state index contributed by atoms with van der Waals surface area (Å²) < 4.78 is 4.88. The molecule has 0 radical (unpaired) electrons. The standard InChI is InChI=1S/C11H14N2O4/c1-12-5-8(14)10(15)6-2-3-7-9(4-6)17-11(16)13-7/h2-4,8,10,12,14-15H,5H2,1H3,(H,13,16). The number of aliphatic hydroxyl groups excluding tert-OH is 2. The Balaban J connectivity index is 2.32. The second-order valence-electron chi connectivity index (χ2n) is 3.84. The Kier molecular flexibility index (Phi) is 3.28. The fourth-order valence-electron chi connectivity index (χ4n) is 1.69. The maximum absolute atomic E-state index is 11.0. The molecule has 2 atom stereocenters. The van der Waals surface area contributed by atoms with E-state index < -0.39 is 18.0 Å². The van der Waals surface area contributed by atoms with E-state index in [4.69, 9.17) is 4.42 Å². The Hall–Kier alpha value is -1.63. The summed E-state index contributed by atoms with van der Waals surface area (Å²) in [6.07, 6.45) is -1.94. The molecule has 1 aromatic carbocycles. The van der Waals surface area contributed by atoms with Gasteiger partial charge in [-0.2, -0.15) is 0 Å². The lowest BCUT2D eigenvalue weighted by Gasteiger charge is -2.17. The number of aromatic amines is 1. The topological polar surface area (TPSA) is 98.5 Å². The maximum Gasteiger partial charge on any atom is 0.417 e. The Morgan fingerprint density at radius 1 is 1.47 bits per heavy atom. The fraction of sp³-hybridized carbons (Fsp3) is 0.364. The summed E-state index contributed by atoms with van der Waals surface area (Å²) in [7, 11) is 1.68. The number of rotatable bonds is 4. The van der Waals surface area contributed by atoms with Gasteiger partial charge in [-0.1, -0.05) is 6.07 Å². The van der Waals surface area contributed by atoms with E-state index in [1.165, 1.54) is 6.07 Å². The molecule has 0 fully saturated rings. The summed E-state index contributed by atoms with van der Waals surface area (Å²) in [4.78, 5) is 13.5. The second-order valence-corrected chi connectivity index (χ2v) is 3.84. The number of hydrogen-bond acceptors (Lipinski definition) is 5. The van der Waals surface area contributed by atoms with E-state index in [0.717, 1.165) is 0 Å². The highest BCUT2D eigenvalue weighted by atomic mass is 16.4. The van der Waals surface area contributed by atoms with Gasteiger partial charge in [0.1, 0.15) is 6.10 Å². The first-order valence-corrected chi connectivity index (χ1v) is 5.25. The van der Waals surface area contributed by atoms with Crippen molar-refractivity contribution < 1.29 is 14.6 Å². The zero-order valence-electron chi connectivity index (χ0n) is 9.30. The Morgan fingerprint density at radius 3 is 2.94 bits per heavy atom. The van der Waals surface area contributed by atoms with Gasteiger partial charge in [0.15, 0.2) is 5.58 Å². The number of benzene rings is 1. The highest BCUT2D eigenvalue weighted by molar-refractivity contribution is 5.72. The minimum Gasteiger partial charge on any atom is -0.408 e. The van der Waals surface area contributed by atoms with Crippen molar-refractivity contribution in [3.63, 3.8) is 0 Å². The monoisotopic (exact) mass is 238 g/mol. The van der Waals surface area contributed by atoms with Gasteiger partial charge < -0.3 is 19.9 Å². The second kappa shape index (κ2) is 4.70. The lowest BCUT2D eigenvalue weighted by atomic mass is 10.0. The maximum atomic E-state index is 11.0. The van der Waals surface area contributed by atoms with Crippen LogP contribution in [0.1, 0.15) is 11.7 Å². The molecule has 2 aromatic rings. The molecular formula is C11H14N2O4. The minimum absolute atomic E-state index is 0.274. The van der Waals surface area contributed by atoms with Gasteiger partial charge in [0, 0.05) is 6.54 Å². The average Bonchev–Trinajstić information content (AvgIpc) is 2.67. The van der Waals surface area contributed by atoms with Gasteiger partial charge in [0.25, 0.3) is 0 Å². The number of fused-ring (bicyclic) bond motifs is 1. The van der Waals surface area contributed by atoms with Crippen molar-refractivity contribution in [2.45, 2.75) is 12.2 Å². The molecular weight excluding hydrogens is 224 g/mol. The third-order valence-electron chi connectivity index (χ3n) is 2.56. The van der Waals surface area contributed by atoms with E-state index in [0.29, 0.717) is 16.7 Å². The van der Waals surface area contributed by atoms with E-state index in [2.05, 4.69) is 10.3 Å². The zero-order chi connectivity index (χ0) is 12.4. The summed E-state index contributed by atoms with van der Waals surface area (Å²) in [6, 6.07) is 4.80. The van der Waals surface area contributed by atoms with Crippen molar-refractivity contribution in [1.82, 2.24) is 10.3 Å². The number of likely N-dealkylation sites (N-methyl/N-ethyl adjacent to an activating group) is 1. The van der Waals surface area contributed by atoms with Gasteiger partial charge in [-0.15, -0.1) is 0 Å². The number of oxazole rings is 1. The van der Waals surface area contributed by atoms with E-state index >= 15 is 0 Å². The first-order valence-electron chi connectivity index (χ1n) is 5.25. The number of aromatic nitrogens is 1. The zero-order valence-corrected chi connectivity index (χ0v) is 9.30. The predicted octanol–water partition coefficient (Wildman–Crippen LogP) is -0.265. The molecule has 2 rings (SSSR count). The van der Waals surface area contributed by atoms with Crippen molar-refractivity contribution in [2.24, 2.45) is 0 Å².